The van der Waals surface area contributed by atoms with E-state index in [1.807, 2.05) is 48.5 Å². The van der Waals surface area contributed by atoms with E-state index >= 15 is 0 Å². The van der Waals surface area contributed by atoms with Crippen molar-refractivity contribution in [1.82, 2.24) is 10.3 Å². The summed E-state index contributed by atoms with van der Waals surface area (Å²) >= 11 is 0. The number of rotatable bonds is 6. The molecule has 5 aromatic carbocycles. The van der Waals surface area contributed by atoms with Crippen molar-refractivity contribution < 1.29 is 22.5 Å². The van der Waals surface area contributed by atoms with E-state index in [9.17, 15) is 13.4 Å². The van der Waals surface area contributed by atoms with E-state index < -0.39 is 15.5 Å². The molecule has 1 amide bonds. The number of para-hydroxylation sites is 1. The molecule has 3 heterocycles. The average molecular weight is 670 g/mol. The topological polar surface area (TPSA) is 87.6 Å². The van der Waals surface area contributed by atoms with Crippen molar-refractivity contribution in [2.45, 2.75) is 6.10 Å². The summed E-state index contributed by atoms with van der Waals surface area (Å²) in [4.78, 5) is 17.1. The highest BCUT2D eigenvalue weighted by molar-refractivity contribution is 8.00. The minimum atomic E-state index is -2.72. The van der Waals surface area contributed by atoms with Crippen LogP contribution in [0.1, 0.15) is 27.6 Å². The van der Waals surface area contributed by atoms with Gasteiger partial charge in [0.05, 0.1) is 16.9 Å². The minimum Gasteiger partial charge on any atom is -0.480 e. The molecule has 7 nitrogen and oxygen atoms in total. The molecule has 49 heavy (non-hydrogen) atoms. The highest BCUT2D eigenvalue weighted by Gasteiger charge is 2.32. The number of amides is 1. The molecule has 1 aliphatic rings. The van der Waals surface area contributed by atoms with E-state index in [2.05, 4.69) is 46.5 Å². The lowest BCUT2D eigenvalue weighted by Crippen LogP contribution is -2.25. The maximum atomic E-state index is 13.8. The summed E-state index contributed by atoms with van der Waals surface area (Å²) in [6, 6.07) is 33.8. The van der Waals surface area contributed by atoms with Gasteiger partial charge in [-0.2, -0.15) is 0 Å². The molecule has 2 aromatic heterocycles. The highest BCUT2D eigenvalue weighted by atomic mass is 32.2. The quantitative estimate of drug-likeness (QED) is 0.174. The summed E-state index contributed by atoms with van der Waals surface area (Å²) in [6.07, 6.45) is 1.26. The van der Waals surface area contributed by atoms with Crippen LogP contribution >= 0.6 is 0 Å². The molecule has 2 unspecified atom stereocenters. The van der Waals surface area contributed by atoms with Crippen molar-refractivity contribution in [1.29, 1.82) is 0 Å². The van der Waals surface area contributed by atoms with Crippen LogP contribution in [0.5, 0.6) is 5.75 Å². The zero-order valence-corrected chi connectivity index (χ0v) is 27.9. The number of furan rings is 1. The Kier molecular flexibility index (Phi) is 7.11. The van der Waals surface area contributed by atoms with Crippen molar-refractivity contribution in [2.24, 2.45) is 0 Å². The van der Waals surface area contributed by atoms with Crippen molar-refractivity contribution in [3.8, 4) is 39.5 Å². The molecule has 2 atom stereocenters. The number of aromatic nitrogens is 1. The molecule has 0 bridgehead atoms. The Morgan fingerprint density at radius 3 is 2.35 bits per heavy atom. The molecule has 8 rings (SSSR count). The van der Waals surface area contributed by atoms with Gasteiger partial charge in [-0.3, -0.25) is 4.79 Å². The Balaban J connectivity index is 1.37. The van der Waals surface area contributed by atoms with Crippen LogP contribution in [-0.4, -0.2) is 41.3 Å². The number of fused-ring (bicyclic) bond motifs is 6. The van der Waals surface area contributed by atoms with Gasteiger partial charge in [0.2, 0.25) is 0 Å². The lowest BCUT2D eigenvalue weighted by atomic mass is 9.90. The Hall–Kier alpha value is -5.80. The summed E-state index contributed by atoms with van der Waals surface area (Å²) in [5, 5.41) is 4.36. The van der Waals surface area contributed by atoms with Crippen LogP contribution in [0.15, 0.2) is 114 Å². The molecule has 0 aliphatic carbocycles. The Morgan fingerprint density at radius 1 is 0.898 bits per heavy atom. The lowest BCUT2D eigenvalue weighted by molar-refractivity contribution is 0.0964. The Morgan fingerprint density at radius 2 is 1.61 bits per heavy atom. The number of aromatic amines is 1. The fourth-order valence-corrected chi connectivity index (χ4v) is 7.25. The van der Waals surface area contributed by atoms with E-state index in [1.165, 1.54) is 12.1 Å². The van der Waals surface area contributed by atoms with Gasteiger partial charge in [-0.05, 0) is 65.5 Å². The summed E-state index contributed by atoms with van der Waals surface area (Å²) in [6.45, 7) is 0. The van der Waals surface area contributed by atoms with Crippen LogP contribution in [0.4, 0.5) is 10.1 Å². The summed E-state index contributed by atoms with van der Waals surface area (Å²) < 4.78 is 42.0. The van der Waals surface area contributed by atoms with Gasteiger partial charge in [0.15, 0.2) is 6.10 Å². The van der Waals surface area contributed by atoms with Gasteiger partial charge in [-0.15, -0.1) is 0 Å². The van der Waals surface area contributed by atoms with Crippen molar-refractivity contribution in [2.75, 3.05) is 24.7 Å². The summed E-state index contributed by atoms with van der Waals surface area (Å²) in [7, 11) is 0.563. The minimum absolute atomic E-state index is 0.306. The second-order valence-corrected chi connectivity index (χ2v) is 14.8. The third-order valence-corrected chi connectivity index (χ3v) is 10.6. The number of ether oxygens (including phenoxy) is 1. The molecule has 0 fully saturated rings. The van der Waals surface area contributed by atoms with Crippen LogP contribution < -0.4 is 14.4 Å². The molecule has 0 radical (unpaired) electrons. The number of carbonyl (C=O) groups excluding carboxylic acids is 1. The second kappa shape index (κ2) is 11.4. The highest BCUT2D eigenvalue weighted by Crippen LogP contribution is 2.50. The number of carbonyl (C=O) groups is 1. The molecule has 2 N–H and O–H groups in total. The molecular weight excluding hydrogens is 638 g/mol. The van der Waals surface area contributed by atoms with Gasteiger partial charge in [0.25, 0.3) is 5.91 Å². The number of benzene rings is 5. The first-order valence-corrected chi connectivity index (χ1v) is 17.8. The molecule has 0 saturated carbocycles. The van der Waals surface area contributed by atoms with E-state index in [0.717, 1.165) is 50.2 Å². The Bertz CT molecular complexity index is 2540. The van der Waals surface area contributed by atoms with E-state index in [-0.39, 0.29) is 12.0 Å². The SMILES string of the molecule is C=S(C)(=O)N(C)c1cc2oc(-c3ccc(F)cc3)c(C(=O)NC)c2cc1-c1ccc2c(c1)-c1[nH]c3ccccc3c1C(c1ccccc1)O2. The smallest absolute Gasteiger partial charge is 0.255 e. The maximum absolute atomic E-state index is 13.8. The molecule has 244 valence electrons. The van der Waals surface area contributed by atoms with Crippen LogP contribution in [-0.2, 0) is 9.71 Å². The van der Waals surface area contributed by atoms with Crippen LogP contribution in [0.2, 0.25) is 0 Å². The number of anilines is 1. The molecule has 1 aliphatic heterocycles. The van der Waals surface area contributed by atoms with Gasteiger partial charge in [-0.25, -0.2) is 8.60 Å². The van der Waals surface area contributed by atoms with E-state index in [4.69, 9.17) is 9.15 Å². The van der Waals surface area contributed by atoms with Gasteiger partial charge in [0, 0.05) is 74.7 Å². The van der Waals surface area contributed by atoms with Gasteiger partial charge >= 0.3 is 0 Å². The molecule has 9 heteroatoms. The summed E-state index contributed by atoms with van der Waals surface area (Å²) in [5.41, 5.74) is 8.35. The predicted molar refractivity (Wildman–Crippen MR) is 196 cm³/mol. The fourth-order valence-electron chi connectivity index (χ4n) is 6.68. The molecule has 0 saturated heterocycles. The largest absolute Gasteiger partial charge is 0.480 e. The second-order valence-electron chi connectivity index (χ2n) is 12.3. The number of nitrogens with zero attached hydrogens (tertiary/aromatic N) is 1. The normalized spacial score (nSPS) is 14.9. The van der Waals surface area contributed by atoms with E-state index in [1.54, 1.807) is 42.9 Å². The van der Waals surface area contributed by atoms with Crippen molar-refractivity contribution in [3.63, 3.8) is 0 Å². The predicted octanol–water partition coefficient (Wildman–Crippen LogP) is 8.59. The molecule has 0 spiro atoms. The monoisotopic (exact) mass is 669 g/mol. The van der Waals surface area contributed by atoms with Crippen LogP contribution in [0, 0.1) is 5.82 Å². The van der Waals surface area contributed by atoms with Gasteiger partial charge < -0.3 is 23.8 Å². The van der Waals surface area contributed by atoms with Crippen molar-refractivity contribution in [3.05, 3.63) is 132 Å². The first-order chi connectivity index (χ1) is 23.6. The Labute approximate surface area is 283 Å². The fraction of sp³-hybridized carbons (Fsp3) is 0.100. The lowest BCUT2D eigenvalue weighted by Gasteiger charge is -2.28. The molecular formula is C40H32FN3O4S. The standard InChI is InChI=1S/C40H32FN3O4S/c1-42-40(45)36-29-21-28(32(44(2)49(3,4)46)22-34(29)48-39(36)24-14-17-26(41)18-15-24)25-16-19-33-30(20-25)37-35(27-12-8-9-13-31(27)43-37)38(47-33)23-10-6-5-7-11-23/h5-22,38,43H,3H2,1-2,4H3,(H,42,45). The zero-order valence-electron chi connectivity index (χ0n) is 27.0. The first-order valence-electron chi connectivity index (χ1n) is 15.7. The number of hydrogen-bond donors (Lipinski definition) is 2. The third kappa shape index (κ3) is 5.05. The van der Waals surface area contributed by atoms with Crippen LogP contribution in [0.3, 0.4) is 0 Å². The number of nitrogens with one attached hydrogen (secondary N) is 2. The van der Waals surface area contributed by atoms with Gasteiger partial charge in [0.1, 0.15) is 22.9 Å². The zero-order chi connectivity index (χ0) is 34.0. The average Bonchev–Trinajstić information content (AvgIpc) is 3.69. The van der Waals surface area contributed by atoms with Gasteiger partial charge in [-0.1, -0.05) is 54.6 Å². The number of hydrogen-bond acceptors (Lipinski definition) is 4. The number of H-pyrrole nitrogens is 1. The first kappa shape index (κ1) is 30.5. The van der Waals surface area contributed by atoms with E-state index in [0.29, 0.717) is 33.5 Å². The third-order valence-electron chi connectivity index (χ3n) is 9.20. The summed E-state index contributed by atoms with van der Waals surface area (Å²) in [5.74, 6) is 4.22. The maximum Gasteiger partial charge on any atom is 0.255 e. The van der Waals surface area contributed by atoms with Crippen LogP contribution in [0.25, 0.3) is 55.6 Å². The van der Waals surface area contributed by atoms with Crippen molar-refractivity contribution >= 4 is 49.0 Å². The molecule has 7 aromatic rings. The number of halogens is 1.